The van der Waals surface area contributed by atoms with Crippen LogP contribution < -0.4 is 0 Å². The van der Waals surface area contributed by atoms with Crippen molar-refractivity contribution < 1.29 is 26.3 Å². The molecule has 0 aliphatic heterocycles. The minimum absolute atomic E-state index is 0.0150. The van der Waals surface area contributed by atoms with Crippen LogP contribution in [0.3, 0.4) is 0 Å². The number of rotatable bonds is 9. The van der Waals surface area contributed by atoms with Crippen molar-refractivity contribution in [3.05, 3.63) is 0 Å². The van der Waals surface area contributed by atoms with E-state index in [-0.39, 0.29) is 19.3 Å². The average molecular weight is 361 g/mol. The van der Waals surface area contributed by atoms with Crippen LogP contribution in [0.25, 0.3) is 0 Å². The summed E-state index contributed by atoms with van der Waals surface area (Å²) in [4.78, 5) is 0. The zero-order chi connectivity index (χ0) is 17.3. The Bertz CT molecular complexity index is 568. The van der Waals surface area contributed by atoms with Gasteiger partial charge in [-0.15, -0.1) is 19.3 Å². The zero-order valence-corrected chi connectivity index (χ0v) is 13.8. The van der Waals surface area contributed by atoms with Gasteiger partial charge >= 0.3 is 0 Å². The molecule has 0 spiro atoms. The Morgan fingerprint density at radius 2 is 1.27 bits per heavy atom. The third kappa shape index (κ3) is 6.85. The van der Waals surface area contributed by atoms with Crippen molar-refractivity contribution in [2.24, 2.45) is 5.92 Å². The standard InChI is InChI=1S/C13H16O6S3/c1-4-11(20(14)15)8-7-10(13(6-3)22(18)19)9-12(5-2)21(16)17/h1-3,10-13H,7-9H2,(H,14,15)(H,16,17)(H,18,19)/p-3. The molecule has 9 heteroatoms. The fourth-order valence-corrected chi connectivity index (χ4v) is 3.45. The van der Waals surface area contributed by atoms with Crippen molar-refractivity contribution >= 4 is 33.2 Å². The molecular weight excluding hydrogens is 348 g/mol. The second kappa shape index (κ2) is 10.7. The summed E-state index contributed by atoms with van der Waals surface area (Å²) < 4.78 is 66.0. The topological polar surface area (TPSA) is 120 Å². The third-order valence-corrected chi connectivity index (χ3v) is 5.52. The van der Waals surface area contributed by atoms with Gasteiger partial charge in [0.25, 0.3) is 0 Å². The summed E-state index contributed by atoms with van der Waals surface area (Å²) in [5, 5.41) is -3.60. The Morgan fingerprint density at radius 1 is 0.773 bits per heavy atom. The summed E-state index contributed by atoms with van der Waals surface area (Å²) in [5.74, 6) is 5.32. The lowest BCUT2D eigenvalue weighted by Crippen LogP contribution is -2.30. The van der Waals surface area contributed by atoms with Crippen molar-refractivity contribution in [1.82, 2.24) is 0 Å². The van der Waals surface area contributed by atoms with Crippen molar-refractivity contribution in [1.29, 1.82) is 0 Å². The van der Waals surface area contributed by atoms with Crippen LogP contribution in [-0.4, -0.2) is 42.0 Å². The van der Waals surface area contributed by atoms with E-state index in [0.717, 1.165) is 0 Å². The molecule has 22 heavy (non-hydrogen) atoms. The highest BCUT2D eigenvalue weighted by molar-refractivity contribution is 7.80. The maximum absolute atomic E-state index is 11.1. The fraction of sp³-hybridized carbons (Fsp3) is 0.538. The molecule has 7 atom stereocenters. The quantitative estimate of drug-likeness (QED) is 0.400. The van der Waals surface area contributed by atoms with Gasteiger partial charge in [-0.25, -0.2) is 0 Å². The normalized spacial score (nSPS) is 20.2. The maximum atomic E-state index is 11.1. The monoisotopic (exact) mass is 361 g/mol. The van der Waals surface area contributed by atoms with Crippen molar-refractivity contribution in [3.8, 4) is 37.0 Å². The van der Waals surface area contributed by atoms with E-state index in [1.54, 1.807) is 0 Å². The molecule has 0 aliphatic carbocycles. The molecule has 0 N–H and O–H groups in total. The van der Waals surface area contributed by atoms with E-state index in [9.17, 15) is 26.3 Å². The summed E-state index contributed by atoms with van der Waals surface area (Å²) in [6.07, 6.45) is 15.1. The third-order valence-electron chi connectivity index (χ3n) is 2.95. The molecule has 0 rings (SSSR count). The zero-order valence-electron chi connectivity index (χ0n) is 11.3. The van der Waals surface area contributed by atoms with Crippen molar-refractivity contribution in [2.45, 2.75) is 35.0 Å². The minimum atomic E-state index is -2.65. The van der Waals surface area contributed by atoms with Crippen LogP contribution in [-0.2, 0) is 33.2 Å². The first-order chi connectivity index (χ1) is 10.3. The first-order valence-electron chi connectivity index (χ1n) is 5.91. The van der Waals surface area contributed by atoms with Crippen molar-refractivity contribution in [2.75, 3.05) is 0 Å². The lowest BCUT2D eigenvalue weighted by atomic mass is 9.93. The van der Waals surface area contributed by atoms with Crippen LogP contribution in [0.2, 0.25) is 0 Å². The molecule has 0 saturated heterocycles. The second-order valence-electron chi connectivity index (χ2n) is 4.25. The lowest BCUT2D eigenvalue weighted by molar-refractivity contribution is 0.426. The first kappa shape index (κ1) is 21.0. The van der Waals surface area contributed by atoms with E-state index in [2.05, 4.69) is 11.8 Å². The van der Waals surface area contributed by atoms with E-state index >= 15 is 0 Å². The van der Waals surface area contributed by atoms with E-state index in [4.69, 9.17) is 19.3 Å². The van der Waals surface area contributed by atoms with Crippen LogP contribution in [0.15, 0.2) is 0 Å². The molecule has 0 fully saturated rings. The van der Waals surface area contributed by atoms with Gasteiger partial charge in [-0.2, -0.15) is 0 Å². The SMILES string of the molecule is C#CC(CCC(CC(C#C)S(=O)[O-])C(C#C)S(=O)[O-])S(=O)[O-]. The lowest BCUT2D eigenvalue weighted by Gasteiger charge is -2.28. The minimum Gasteiger partial charge on any atom is -0.771 e. The van der Waals surface area contributed by atoms with Crippen LogP contribution in [0.1, 0.15) is 19.3 Å². The molecule has 0 amide bonds. The Labute approximate surface area is 137 Å². The first-order valence-corrected chi connectivity index (χ1v) is 9.32. The van der Waals surface area contributed by atoms with Gasteiger partial charge in [0.15, 0.2) is 0 Å². The molecule has 0 aromatic carbocycles. The Hall–Kier alpha value is -0.990. The second-order valence-corrected chi connectivity index (χ2v) is 7.46. The molecule has 122 valence electrons. The fourth-order valence-electron chi connectivity index (χ4n) is 1.82. The molecule has 0 radical (unpaired) electrons. The van der Waals surface area contributed by atoms with Crippen LogP contribution in [0.4, 0.5) is 0 Å². The molecule has 0 aromatic rings. The average Bonchev–Trinajstić information content (AvgIpc) is 2.43. The predicted molar refractivity (Wildman–Crippen MR) is 82.0 cm³/mol. The number of terminal acetylenes is 3. The van der Waals surface area contributed by atoms with Crippen molar-refractivity contribution in [3.63, 3.8) is 0 Å². The highest BCUT2D eigenvalue weighted by Crippen LogP contribution is 2.24. The van der Waals surface area contributed by atoms with Gasteiger partial charge in [0.2, 0.25) is 0 Å². The molecule has 0 saturated carbocycles. The van der Waals surface area contributed by atoms with Gasteiger partial charge in [-0.1, -0.05) is 17.8 Å². The summed E-state index contributed by atoms with van der Waals surface area (Å²) in [7, 11) is 0. The molecule has 7 unspecified atom stereocenters. The van der Waals surface area contributed by atoms with Gasteiger partial charge in [0.1, 0.15) is 0 Å². The van der Waals surface area contributed by atoms with E-state index in [1.165, 1.54) is 0 Å². The van der Waals surface area contributed by atoms with Gasteiger partial charge in [0.05, 0.1) is 15.7 Å². The Morgan fingerprint density at radius 3 is 1.59 bits per heavy atom. The summed E-state index contributed by atoms with van der Waals surface area (Å²) in [5.41, 5.74) is 0. The highest BCUT2D eigenvalue weighted by atomic mass is 32.2. The van der Waals surface area contributed by atoms with E-state index in [0.29, 0.717) is 0 Å². The Balaban J connectivity index is 5.19. The molecule has 0 aromatic heterocycles. The molecule has 0 aliphatic rings. The summed E-state index contributed by atoms with van der Waals surface area (Å²) >= 11 is -7.77. The van der Waals surface area contributed by atoms with Gasteiger partial charge in [-0.05, 0) is 58.4 Å². The smallest absolute Gasteiger partial charge is 0.0850 e. The Kier molecular flexibility index (Phi) is 10.2. The van der Waals surface area contributed by atoms with Gasteiger partial charge in [0, 0.05) is 0 Å². The summed E-state index contributed by atoms with van der Waals surface area (Å²) in [6, 6.07) is 0. The predicted octanol–water partition coefficient (Wildman–Crippen LogP) is -0.584. The van der Waals surface area contributed by atoms with Crippen LogP contribution in [0.5, 0.6) is 0 Å². The van der Waals surface area contributed by atoms with Gasteiger partial charge in [-0.3, -0.25) is 12.6 Å². The largest absolute Gasteiger partial charge is 0.771 e. The number of hydrogen-bond donors (Lipinski definition) is 0. The molecule has 0 heterocycles. The number of hydrogen-bond acceptors (Lipinski definition) is 6. The maximum Gasteiger partial charge on any atom is 0.0850 e. The van der Waals surface area contributed by atoms with E-state index < -0.39 is 54.9 Å². The van der Waals surface area contributed by atoms with Gasteiger partial charge < -0.3 is 13.7 Å². The highest BCUT2D eigenvalue weighted by Gasteiger charge is 2.25. The molecular formula is C13H13O6S3-3. The van der Waals surface area contributed by atoms with Crippen LogP contribution in [0, 0.1) is 42.9 Å². The van der Waals surface area contributed by atoms with Crippen LogP contribution >= 0.6 is 0 Å². The summed E-state index contributed by atoms with van der Waals surface area (Å²) in [6.45, 7) is 0. The molecule has 0 bridgehead atoms. The molecule has 6 nitrogen and oxygen atoms in total. The van der Waals surface area contributed by atoms with E-state index in [1.807, 2.05) is 5.92 Å².